The van der Waals surface area contributed by atoms with Crippen LogP contribution in [0.25, 0.3) is 0 Å². The number of rotatable bonds is 2. The summed E-state index contributed by atoms with van der Waals surface area (Å²) in [5, 5.41) is 9.37. The third-order valence-corrected chi connectivity index (χ3v) is 3.70. The zero-order valence-corrected chi connectivity index (χ0v) is 10.3. The second-order valence-corrected chi connectivity index (χ2v) is 4.87. The van der Waals surface area contributed by atoms with E-state index in [-0.39, 0.29) is 12.6 Å². The van der Waals surface area contributed by atoms with E-state index in [0.717, 1.165) is 23.3 Å². The second-order valence-electron chi connectivity index (χ2n) is 4.02. The van der Waals surface area contributed by atoms with Gasteiger partial charge in [-0.1, -0.05) is 6.92 Å². The van der Waals surface area contributed by atoms with Crippen molar-refractivity contribution in [3.05, 3.63) is 22.8 Å². The van der Waals surface area contributed by atoms with E-state index in [2.05, 4.69) is 32.7 Å². The summed E-state index contributed by atoms with van der Waals surface area (Å²) in [6.07, 6.45) is 2.91. The SMILES string of the molecule is CC1CCN(c2ncccc2Br)C1CO. The van der Waals surface area contributed by atoms with E-state index in [9.17, 15) is 5.11 Å². The molecule has 4 heteroatoms. The number of halogens is 1. The highest BCUT2D eigenvalue weighted by Gasteiger charge is 2.32. The van der Waals surface area contributed by atoms with Crippen molar-refractivity contribution in [2.24, 2.45) is 5.92 Å². The van der Waals surface area contributed by atoms with Gasteiger partial charge in [-0.15, -0.1) is 0 Å². The molecule has 1 aliphatic heterocycles. The van der Waals surface area contributed by atoms with Crippen LogP contribution in [0.1, 0.15) is 13.3 Å². The van der Waals surface area contributed by atoms with Gasteiger partial charge < -0.3 is 10.0 Å². The molecule has 0 aliphatic carbocycles. The first kappa shape index (κ1) is 10.9. The van der Waals surface area contributed by atoms with Crippen LogP contribution in [0.3, 0.4) is 0 Å². The third kappa shape index (κ3) is 2.01. The summed E-state index contributed by atoms with van der Waals surface area (Å²) in [6, 6.07) is 4.09. The van der Waals surface area contributed by atoms with Crippen LogP contribution in [-0.4, -0.2) is 29.3 Å². The average molecular weight is 271 g/mol. The van der Waals surface area contributed by atoms with E-state index in [4.69, 9.17) is 0 Å². The van der Waals surface area contributed by atoms with Crippen molar-refractivity contribution in [2.75, 3.05) is 18.1 Å². The number of nitrogens with zero attached hydrogens (tertiary/aromatic N) is 2. The fraction of sp³-hybridized carbons (Fsp3) is 0.545. The summed E-state index contributed by atoms with van der Waals surface area (Å²) in [4.78, 5) is 6.55. The normalized spacial score (nSPS) is 25.9. The van der Waals surface area contributed by atoms with E-state index >= 15 is 0 Å². The van der Waals surface area contributed by atoms with E-state index in [1.807, 2.05) is 12.1 Å². The van der Waals surface area contributed by atoms with Crippen molar-refractivity contribution >= 4 is 21.7 Å². The molecule has 3 nitrogen and oxygen atoms in total. The van der Waals surface area contributed by atoms with Crippen LogP contribution in [0, 0.1) is 5.92 Å². The zero-order chi connectivity index (χ0) is 10.8. The maximum Gasteiger partial charge on any atom is 0.143 e. The van der Waals surface area contributed by atoms with Crippen LogP contribution in [0.5, 0.6) is 0 Å². The van der Waals surface area contributed by atoms with Gasteiger partial charge in [-0.3, -0.25) is 0 Å². The smallest absolute Gasteiger partial charge is 0.143 e. The fourth-order valence-electron chi connectivity index (χ4n) is 2.14. The highest BCUT2D eigenvalue weighted by molar-refractivity contribution is 9.10. The monoisotopic (exact) mass is 270 g/mol. The number of hydrogen-bond donors (Lipinski definition) is 1. The lowest BCUT2D eigenvalue weighted by atomic mass is 10.0. The minimum atomic E-state index is 0.199. The standard InChI is InChI=1S/C11H15BrN2O/c1-8-4-6-14(10(8)7-15)11-9(12)3-2-5-13-11/h2-3,5,8,10,15H,4,6-7H2,1H3. The van der Waals surface area contributed by atoms with Crippen LogP contribution in [0.15, 0.2) is 22.8 Å². The Hall–Kier alpha value is -0.610. The molecular formula is C11H15BrN2O. The molecule has 1 fully saturated rings. The van der Waals surface area contributed by atoms with Gasteiger partial charge in [0.1, 0.15) is 5.82 Å². The Morgan fingerprint density at radius 2 is 2.47 bits per heavy atom. The Morgan fingerprint density at radius 3 is 3.13 bits per heavy atom. The molecular weight excluding hydrogens is 256 g/mol. The fourth-order valence-corrected chi connectivity index (χ4v) is 2.62. The summed E-state index contributed by atoms with van der Waals surface area (Å²) in [7, 11) is 0. The molecule has 0 radical (unpaired) electrons. The maximum atomic E-state index is 9.37. The molecule has 1 aromatic rings. The Kier molecular flexibility index (Phi) is 3.26. The number of aliphatic hydroxyl groups excluding tert-OH is 1. The summed E-state index contributed by atoms with van der Waals surface area (Å²) in [5.41, 5.74) is 0. The van der Waals surface area contributed by atoms with Crippen molar-refractivity contribution in [1.82, 2.24) is 4.98 Å². The van der Waals surface area contributed by atoms with E-state index in [0.29, 0.717) is 5.92 Å². The quantitative estimate of drug-likeness (QED) is 0.894. The zero-order valence-electron chi connectivity index (χ0n) is 8.73. The van der Waals surface area contributed by atoms with Gasteiger partial charge in [0, 0.05) is 12.7 Å². The molecule has 0 spiro atoms. The molecule has 0 aromatic carbocycles. The molecule has 0 bridgehead atoms. The molecule has 2 unspecified atom stereocenters. The van der Waals surface area contributed by atoms with Gasteiger partial charge in [0.25, 0.3) is 0 Å². The molecule has 1 N–H and O–H groups in total. The first-order chi connectivity index (χ1) is 7.24. The van der Waals surface area contributed by atoms with E-state index in [1.54, 1.807) is 6.20 Å². The van der Waals surface area contributed by atoms with Gasteiger partial charge in [-0.2, -0.15) is 0 Å². The second kappa shape index (κ2) is 4.49. The van der Waals surface area contributed by atoms with Gasteiger partial charge in [-0.25, -0.2) is 4.98 Å². The van der Waals surface area contributed by atoms with Gasteiger partial charge >= 0.3 is 0 Å². The molecule has 1 saturated heterocycles. The highest BCUT2D eigenvalue weighted by Crippen LogP contribution is 2.32. The van der Waals surface area contributed by atoms with Crippen LogP contribution < -0.4 is 4.90 Å². The summed E-state index contributed by atoms with van der Waals surface area (Å²) in [5.74, 6) is 1.48. The van der Waals surface area contributed by atoms with E-state index < -0.39 is 0 Å². The first-order valence-corrected chi connectivity index (χ1v) is 6.01. The van der Waals surface area contributed by atoms with Gasteiger partial charge in [-0.05, 0) is 40.4 Å². The Balaban J connectivity index is 2.28. The Labute approximate surface area is 98.3 Å². The largest absolute Gasteiger partial charge is 0.394 e. The molecule has 1 aromatic heterocycles. The Morgan fingerprint density at radius 1 is 1.67 bits per heavy atom. The molecule has 2 heterocycles. The van der Waals surface area contributed by atoms with E-state index in [1.165, 1.54) is 0 Å². The van der Waals surface area contributed by atoms with Crippen molar-refractivity contribution in [3.63, 3.8) is 0 Å². The minimum Gasteiger partial charge on any atom is -0.394 e. The topological polar surface area (TPSA) is 36.4 Å². The van der Waals surface area contributed by atoms with Gasteiger partial charge in [0.15, 0.2) is 0 Å². The molecule has 1 aliphatic rings. The lowest BCUT2D eigenvalue weighted by Gasteiger charge is -2.26. The Bertz CT molecular complexity index is 345. The molecule has 0 amide bonds. The lowest BCUT2D eigenvalue weighted by Crippen LogP contribution is -2.35. The summed E-state index contributed by atoms with van der Waals surface area (Å²) in [6.45, 7) is 3.35. The molecule has 2 rings (SSSR count). The maximum absolute atomic E-state index is 9.37. The van der Waals surface area contributed by atoms with Crippen LogP contribution in [-0.2, 0) is 0 Å². The van der Waals surface area contributed by atoms with Crippen molar-refractivity contribution < 1.29 is 5.11 Å². The number of pyridine rings is 1. The third-order valence-electron chi connectivity index (χ3n) is 3.08. The van der Waals surface area contributed by atoms with Crippen LogP contribution in [0.2, 0.25) is 0 Å². The van der Waals surface area contributed by atoms with Crippen LogP contribution in [0.4, 0.5) is 5.82 Å². The lowest BCUT2D eigenvalue weighted by molar-refractivity contribution is 0.244. The van der Waals surface area contributed by atoms with Gasteiger partial charge in [0.05, 0.1) is 17.1 Å². The number of hydrogen-bond acceptors (Lipinski definition) is 3. The number of aliphatic hydroxyl groups is 1. The minimum absolute atomic E-state index is 0.199. The first-order valence-electron chi connectivity index (χ1n) is 5.22. The number of anilines is 1. The van der Waals surface area contributed by atoms with Crippen molar-refractivity contribution in [1.29, 1.82) is 0 Å². The van der Waals surface area contributed by atoms with Crippen molar-refractivity contribution in [2.45, 2.75) is 19.4 Å². The number of aromatic nitrogens is 1. The van der Waals surface area contributed by atoms with Gasteiger partial charge in [0.2, 0.25) is 0 Å². The molecule has 0 saturated carbocycles. The molecule has 15 heavy (non-hydrogen) atoms. The predicted molar refractivity (Wildman–Crippen MR) is 63.9 cm³/mol. The van der Waals surface area contributed by atoms with Crippen LogP contribution >= 0.6 is 15.9 Å². The molecule has 82 valence electrons. The summed E-state index contributed by atoms with van der Waals surface area (Å²) < 4.78 is 0.998. The highest BCUT2D eigenvalue weighted by atomic mass is 79.9. The average Bonchev–Trinajstić information content (AvgIpc) is 2.60. The summed E-state index contributed by atoms with van der Waals surface area (Å²) >= 11 is 3.50. The van der Waals surface area contributed by atoms with Crippen molar-refractivity contribution in [3.8, 4) is 0 Å². The predicted octanol–water partition coefficient (Wildman–Crippen LogP) is 2.05. The molecule has 2 atom stereocenters.